The number of carbonyl (C=O) groups is 1. The van der Waals surface area contributed by atoms with Crippen LogP contribution in [0.2, 0.25) is 0 Å². The first-order valence-corrected chi connectivity index (χ1v) is 10.1. The molecule has 4 heterocycles. The second kappa shape index (κ2) is 6.82. The van der Waals surface area contributed by atoms with Gasteiger partial charge >= 0.3 is 0 Å². The van der Waals surface area contributed by atoms with E-state index in [1.807, 2.05) is 12.1 Å². The molecule has 4 aliphatic heterocycles. The molecule has 2 bridgehead atoms. The Labute approximate surface area is 165 Å². The highest BCUT2D eigenvalue weighted by atomic mass is 16.5. The zero-order valence-electron chi connectivity index (χ0n) is 16.1. The van der Waals surface area contributed by atoms with E-state index in [-0.39, 0.29) is 17.7 Å². The van der Waals surface area contributed by atoms with Gasteiger partial charge in [0.1, 0.15) is 11.5 Å². The molecule has 0 saturated carbocycles. The highest BCUT2D eigenvalue weighted by molar-refractivity contribution is 5.95. The molecule has 4 aliphatic rings. The number of aromatic hydroxyl groups is 1. The van der Waals surface area contributed by atoms with Crippen molar-refractivity contribution in [2.24, 2.45) is 5.92 Å². The monoisotopic (exact) mass is 378 g/mol. The number of amides is 1. The number of phenolic OH excluding ortho intramolecular Hbond substituents is 1. The van der Waals surface area contributed by atoms with Gasteiger partial charge in [-0.25, -0.2) is 0 Å². The Kier molecular flexibility index (Phi) is 4.27. The van der Waals surface area contributed by atoms with Crippen molar-refractivity contribution in [2.75, 3.05) is 26.7 Å². The second-order valence-electron chi connectivity index (χ2n) is 8.24. The lowest BCUT2D eigenvalue weighted by Gasteiger charge is -2.51. The molecule has 5 nitrogen and oxygen atoms in total. The topological polar surface area (TPSA) is 53.0 Å². The Morgan fingerprint density at radius 1 is 1.00 bits per heavy atom. The standard InChI is InChI=1S/C23H26N2O3/c1-28-19-8-4-15(5-9-19)20-14-25(23(27)17-2-6-18(26)7-3-17)21-16-10-12-24(13-11-16)22(20)21/h2-9,16,20-22,26H,10-14H2,1H3/t20-,21+,22+/m0/s1. The summed E-state index contributed by atoms with van der Waals surface area (Å²) in [6.07, 6.45) is 2.35. The molecule has 1 N–H and O–H groups in total. The summed E-state index contributed by atoms with van der Waals surface area (Å²) in [7, 11) is 1.68. The van der Waals surface area contributed by atoms with E-state index < -0.39 is 0 Å². The van der Waals surface area contributed by atoms with Crippen LogP contribution in [0.4, 0.5) is 0 Å². The van der Waals surface area contributed by atoms with Crippen LogP contribution in [0.5, 0.6) is 11.5 Å². The summed E-state index contributed by atoms with van der Waals surface area (Å²) in [5.74, 6) is 2.04. The van der Waals surface area contributed by atoms with Gasteiger partial charge in [-0.05, 0) is 73.8 Å². The molecule has 28 heavy (non-hydrogen) atoms. The fourth-order valence-corrected chi connectivity index (χ4v) is 5.57. The molecule has 146 valence electrons. The summed E-state index contributed by atoms with van der Waals surface area (Å²) in [6, 6.07) is 15.7. The molecule has 2 aromatic carbocycles. The summed E-state index contributed by atoms with van der Waals surface area (Å²) < 4.78 is 5.32. The van der Waals surface area contributed by atoms with E-state index in [2.05, 4.69) is 21.9 Å². The van der Waals surface area contributed by atoms with Crippen molar-refractivity contribution >= 4 is 5.91 Å². The predicted molar refractivity (Wildman–Crippen MR) is 107 cm³/mol. The molecule has 5 heteroatoms. The third-order valence-electron chi connectivity index (χ3n) is 6.91. The number of piperidine rings is 3. The molecule has 0 aliphatic carbocycles. The predicted octanol–water partition coefficient (Wildman–Crippen LogP) is 3.10. The van der Waals surface area contributed by atoms with Gasteiger partial charge < -0.3 is 14.7 Å². The van der Waals surface area contributed by atoms with Crippen molar-refractivity contribution in [3.05, 3.63) is 59.7 Å². The number of hydrogen-bond acceptors (Lipinski definition) is 4. The van der Waals surface area contributed by atoms with E-state index in [4.69, 9.17) is 4.74 Å². The van der Waals surface area contributed by atoms with E-state index in [1.54, 1.807) is 31.4 Å². The van der Waals surface area contributed by atoms with Gasteiger partial charge in [0.05, 0.1) is 13.2 Å². The summed E-state index contributed by atoms with van der Waals surface area (Å²) in [6.45, 7) is 3.02. The molecule has 4 fully saturated rings. The van der Waals surface area contributed by atoms with Crippen molar-refractivity contribution in [3.63, 3.8) is 0 Å². The minimum Gasteiger partial charge on any atom is -0.508 e. The Bertz CT molecular complexity index is 856. The molecule has 0 spiro atoms. The molecule has 4 saturated heterocycles. The van der Waals surface area contributed by atoms with E-state index in [1.165, 1.54) is 18.4 Å². The van der Waals surface area contributed by atoms with Crippen LogP contribution < -0.4 is 4.74 Å². The van der Waals surface area contributed by atoms with Crippen molar-refractivity contribution in [1.29, 1.82) is 0 Å². The van der Waals surface area contributed by atoms with Crippen molar-refractivity contribution in [1.82, 2.24) is 9.80 Å². The molecular formula is C23H26N2O3. The maximum absolute atomic E-state index is 13.4. The van der Waals surface area contributed by atoms with Crippen LogP contribution in [0.1, 0.15) is 34.7 Å². The third-order valence-corrected chi connectivity index (χ3v) is 6.91. The van der Waals surface area contributed by atoms with E-state index in [0.29, 0.717) is 23.4 Å². The molecule has 0 aromatic heterocycles. The number of likely N-dealkylation sites (tertiary alicyclic amines) is 1. The fourth-order valence-electron chi connectivity index (χ4n) is 5.57. The zero-order valence-corrected chi connectivity index (χ0v) is 16.1. The van der Waals surface area contributed by atoms with Gasteiger partial charge in [-0.2, -0.15) is 0 Å². The first kappa shape index (κ1) is 17.6. The number of nitrogens with zero attached hydrogens (tertiary/aromatic N) is 2. The normalized spacial score (nSPS) is 30.9. The van der Waals surface area contributed by atoms with E-state index >= 15 is 0 Å². The minimum atomic E-state index is 0.0831. The second-order valence-corrected chi connectivity index (χ2v) is 8.24. The van der Waals surface area contributed by atoms with Crippen LogP contribution in [0.25, 0.3) is 0 Å². The van der Waals surface area contributed by atoms with Gasteiger partial charge in [0, 0.05) is 24.1 Å². The number of fused-ring (bicyclic) bond motifs is 2. The number of rotatable bonds is 3. The largest absolute Gasteiger partial charge is 0.508 e. The maximum atomic E-state index is 13.4. The number of hydrogen-bond donors (Lipinski definition) is 1. The summed E-state index contributed by atoms with van der Waals surface area (Å²) in [5.41, 5.74) is 1.94. The summed E-state index contributed by atoms with van der Waals surface area (Å²) in [4.78, 5) is 18.1. The number of carbonyl (C=O) groups excluding carboxylic acids is 1. The number of phenols is 1. The molecule has 1 amide bonds. The van der Waals surface area contributed by atoms with E-state index in [9.17, 15) is 9.90 Å². The van der Waals surface area contributed by atoms with Crippen LogP contribution in [0.15, 0.2) is 48.5 Å². The van der Waals surface area contributed by atoms with Crippen molar-refractivity contribution in [3.8, 4) is 11.5 Å². The molecule has 0 unspecified atom stereocenters. The van der Waals surface area contributed by atoms with Crippen molar-refractivity contribution < 1.29 is 14.6 Å². The third kappa shape index (κ3) is 2.76. The first-order chi connectivity index (χ1) is 13.7. The van der Waals surface area contributed by atoms with Gasteiger partial charge in [0.25, 0.3) is 5.91 Å². The van der Waals surface area contributed by atoms with Gasteiger partial charge in [-0.15, -0.1) is 0 Å². The molecule has 2 aromatic rings. The average Bonchev–Trinajstić information content (AvgIpc) is 3.17. The summed E-state index contributed by atoms with van der Waals surface area (Å²) in [5, 5.41) is 9.57. The fraction of sp³-hybridized carbons (Fsp3) is 0.435. The molecule has 0 radical (unpaired) electrons. The van der Waals surface area contributed by atoms with Crippen LogP contribution in [-0.2, 0) is 0 Å². The Balaban J connectivity index is 1.49. The SMILES string of the molecule is COc1ccc([C@@H]2CN(C(=O)c3ccc(O)cc3)[C@@H]3C4CCN(CC4)[C@@H]32)cc1. The Hall–Kier alpha value is -2.53. The lowest BCUT2D eigenvalue weighted by Crippen LogP contribution is -2.60. The van der Waals surface area contributed by atoms with Gasteiger partial charge in [0.15, 0.2) is 0 Å². The van der Waals surface area contributed by atoms with E-state index in [0.717, 1.165) is 25.4 Å². The van der Waals surface area contributed by atoms with Crippen LogP contribution >= 0.6 is 0 Å². The lowest BCUT2D eigenvalue weighted by atomic mass is 9.75. The smallest absolute Gasteiger partial charge is 0.254 e. The lowest BCUT2D eigenvalue weighted by molar-refractivity contribution is -0.00340. The van der Waals surface area contributed by atoms with Crippen LogP contribution in [0.3, 0.4) is 0 Å². The van der Waals surface area contributed by atoms with Gasteiger partial charge in [0.2, 0.25) is 0 Å². The average molecular weight is 378 g/mol. The zero-order chi connectivity index (χ0) is 19.3. The maximum Gasteiger partial charge on any atom is 0.254 e. The minimum absolute atomic E-state index is 0.0831. The highest BCUT2D eigenvalue weighted by Gasteiger charge is 2.54. The highest BCUT2D eigenvalue weighted by Crippen LogP contribution is 2.47. The summed E-state index contributed by atoms with van der Waals surface area (Å²) >= 11 is 0. The number of benzene rings is 2. The van der Waals surface area contributed by atoms with Crippen LogP contribution in [-0.4, -0.2) is 59.6 Å². The number of methoxy groups -OCH3 is 1. The van der Waals surface area contributed by atoms with Gasteiger partial charge in [-0.1, -0.05) is 12.1 Å². The molecule has 6 rings (SSSR count). The Morgan fingerprint density at radius 2 is 1.68 bits per heavy atom. The number of ether oxygens (including phenoxy) is 1. The Morgan fingerprint density at radius 3 is 2.32 bits per heavy atom. The van der Waals surface area contributed by atoms with Crippen molar-refractivity contribution in [2.45, 2.75) is 30.8 Å². The first-order valence-electron chi connectivity index (χ1n) is 10.1. The quantitative estimate of drug-likeness (QED) is 0.892. The molecular weight excluding hydrogens is 352 g/mol. The van der Waals surface area contributed by atoms with Crippen LogP contribution in [0, 0.1) is 5.92 Å². The molecule has 3 atom stereocenters. The van der Waals surface area contributed by atoms with Gasteiger partial charge in [-0.3, -0.25) is 9.69 Å².